The van der Waals surface area contributed by atoms with Crippen molar-refractivity contribution < 1.29 is 4.79 Å². The largest absolute Gasteiger partial charge is 0.312 e. The van der Waals surface area contributed by atoms with Gasteiger partial charge in [0.1, 0.15) is 0 Å². The van der Waals surface area contributed by atoms with E-state index in [-0.39, 0.29) is 5.91 Å². The monoisotopic (exact) mass is 226 g/mol. The third-order valence-corrected chi connectivity index (χ3v) is 3.64. The Balaban J connectivity index is 2.02. The molecule has 1 aromatic rings. The van der Waals surface area contributed by atoms with E-state index < -0.39 is 0 Å². The molecule has 0 saturated heterocycles. The Bertz CT molecular complexity index is 528. The quantitative estimate of drug-likeness (QED) is 0.774. The maximum atomic E-state index is 11.8. The number of carbonyl (C=O) groups excluding carboxylic acids is 1. The summed E-state index contributed by atoms with van der Waals surface area (Å²) in [7, 11) is 0. The number of benzene rings is 1. The number of amides is 1. The van der Waals surface area contributed by atoms with Crippen LogP contribution in [0.3, 0.4) is 0 Å². The van der Waals surface area contributed by atoms with Crippen LogP contribution in [0.5, 0.6) is 0 Å². The van der Waals surface area contributed by atoms with Crippen molar-refractivity contribution in [2.24, 2.45) is 0 Å². The van der Waals surface area contributed by atoms with Crippen LogP contribution in [-0.2, 0) is 24.1 Å². The zero-order valence-corrected chi connectivity index (χ0v) is 9.70. The standard InChI is InChI=1S/C14H14N2O/c15-6-1-2-10-8-11-3-4-13(17)16-7-5-12(9-10)14(11)16/h8-9H,1-5,7H2. The van der Waals surface area contributed by atoms with Crippen molar-refractivity contribution in [1.29, 1.82) is 5.26 Å². The number of carbonyl (C=O) groups is 1. The van der Waals surface area contributed by atoms with Gasteiger partial charge < -0.3 is 4.90 Å². The van der Waals surface area contributed by atoms with E-state index in [1.807, 2.05) is 4.90 Å². The fraction of sp³-hybridized carbons (Fsp3) is 0.429. The molecular weight excluding hydrogens is 212 g/mol. The highest BCUT2D eigenvalue weighted by molar-refractivity contribution is 5.98. The van der Waals surface area contributed by atoms with Crippen LogP contribution >= 0.6 is 0 Å². The van der Waals surface area contributed by atoms with Gasteiger partial charge in [0.15, 0.2) is 0 Å². The number of hydrogen-bond donors (Lipinski definition) is 0. The van der Waals surface area contributed by atoms with Crippen molar-refractivity contribution in [3.63, 3.8) is 0 Å². The van der Waals surface area contributed by atoms with Crippen LogP contribution in [0.2, 0.25) is 0 Å². The Labute approximate surface area is 101 Å². The average Bonchev–Trinajstić information content (AvgIpc) is 2.76. The van der Waals surface area contributed by atoms with Gasteiger partial charge in [-0.3, -0.25) is 4.79 Å². The molecule has 0 spiro atoms. The molecule has 3 heteroatoms. The van der Waals surface area contributed by atoms with Crippen molar-refractivity contribution >= 4 is 11.6 Å². The second kappa shape index (κ2) is 3.89. The number of hydrogen-bond acceptors (Lipinski definition) is 2. The predicted molar refractivity (Wildman–Crippen MR) is 64.8 cm³/mol. The van der Waals surface area contributed by atoms with Gasteiger partial charge in [-0.25, -0.2) is 0 Å². The first-order valence-corrected chi connectivity index (χ1v) is 6.11. The Hall–Kier alpha value is -1.82. The maximum absolute atomic E-state index is 11.8. The van der Waals surface area contributed by atoms with Crippen molar-refractivity contribution in [2.75, 3.05) is 11.4 Å². The minimum atomic E-state index is 0.265. The van der Waals surface area contributed by atoms with Crippen LogP contribution in [0.4, 0.5) is 5.69 Å². The summed E-state index contributed by atoms with van der Waals surface area (Å²) in [6.45, 7) is 0.836. The van der Waals surface area contributed by atoms with Gasteiger partial charge in [-0.15, -0.1) is 0 Å². The molecule has 0 saturated carbocycles. The second-order valence-corrected chi connectivity index (χ2v) is 4.72. The zero-order valence-electron chi connectivity index (χ0n) is 9.70. The summed E-state index contributed by atoms with van der Waals surface area (Å²) in [6, 6.07) is 6.54. The van der Waals surface area contributed by atoms with E-state index in [4.69, 9.17) is 5.26 Å². The lowest BCUT2D eigenvalue weighted by Crippen LogP contribution is -2.32. The van der Waals surface area contributed by atoms with E-state index in [0.717, 1.165) is 25.8 Å². The molecular formula is C14H14N2O. The van der Waals surface area contributed by atoms with Gasteiger partial charge in [-0.05, 0) is 36.0 Å². The first kappa shape index (κ1) is 10.3. The van der Waals surface area contributed by atoms with Crippen molar-refractivity contribution in [3.8, 4) is 6.07 Å². The van der Waals surface area contributed by atoms with Crippen LogP contribution in [0.1, 0.15) is 29.5 Å². The topological polar surface area (TPSA) is 44.1 Å². The number of rotatable bonds is 2. The van der Waals surface area contributed by atoms with Gasteiger partial charge >= 0.3 is 0 Å². The van der Waals surface area contributed by atoms with E-state index in [9.17, 15) is 4.79 Å². The van der Waals surface area contributed by atoms with Crippen LogP contribution in [0.15, 0.2) is 12.1 Å². The Kier molecular flexibility index (Phi) is 2.36. The highest BCUT2D eigenvalue weighted by Crippen LogP contribution is 2.37. The van der Waals surface area contributed by atoms with Crippen LogP contribution in [-0.4, -0.2) is 12.5 Å². The summed E-state index contributed by atoms with van der Waals surface area (Å²) in [5, 5.41) is 8.63. The summed E-state index contributed by atoms with van der Waals surface area (Å²) in [5.41, 5.74) is 5.01. The highest BCUT2D eigenvalue weighted by atomic mass is 16.2. The van der Waals surface area contributed by atoms with Crippen LogP contribution < -0.4 is 4.90 Å². The SMILES string of the molecule is N#CCCc1cc2c3c(c1)CCN3C(=O)CC2. The molecule has 0 atom stereocenters. The Morgan fingerprint density at radius 1 is 1.24 bits per heavy atom. The lowest BCUT2D eigenvalue weighted by molar-refractivity contribution is -0.118. The maximum Gasteiger partial charge on any atom is 0.227 e. The predicted octanol–water partition coefficient (Wildman–Crippen LogP) is 1.98. The molecule has 3 nitrogen and oxygen atoms in total. The molecule has 0 aromatic heterocycles. The average molecular weight is 226 g/mol. The van der Waals surface area contributed by atoms with Crippen molar-refractivity contribution in [2.45, 2.75) is 32.1 Å². The summed E-state index contributed by atoms with van der Waals surface area (Å²) < 4.78 is 0. The lowest BCUT2D eigenvalue weighted by atomic mass is 9.95. The van der Waals surface area contributed by atoms with Gasteiger partial charge in [-0.1, -0.05) is 12.1 Å². The molecule has 0 unspecified atom stereocenters. The van der Waals surface area contributed by atoms with Crippen molar-refractivity contribution in [3.05, 3.63) is 28.8 Å². The molecule has 0 radical (unpaired) electrons. The summed E-state index contributed by atoms with van der Waals surface area (Å²) >= 11 is 0. The Morgan fingerprint density at radius 3 is 2.76 bits per heavy atom. The first-order chi connectivity index (χ1) is 8.29. The molecule has 2 aliphatic rings. The van der Waals surface area contributed by atoms with Crippen LogP contribution in [0.25, 0.3) is 0 Å². The first-order valence-electron chi connectivity index (χ1n) is 6.11. The van der Waals surface area contributed by atoms with Gasteiger partial charge in [0.05, 0.1) is 11.8 Å². The summed E-state index contributed by atoms with van der Waals surface area (Å²) in [4.78, 5) is 13.7. The van der Waals surface area contributed by atoms with Gasteiger partial charge in [0.25, 0.3) is 0 Å². The fourth-order valence-corrected chi connectivity index (χ4v) is 2.87. The number of anilines is 1. The summed E-state index contributed by atoms with van der Waals surface area (Å²) in [6.07, 6.45) is 3.85. The van der Waals surface area contributed by atoms with E-state index in [2.05, 4.69) is 18.2 Å². The van der Waals surface area contributed by atoms with E-state index in [0.29, 0.717) is 12.8 Å². The molecule has 3 rings (SSSR count). The van der Waals surface area contributed by atoms with E-state index in [1.165, 1.54) is 22.4 Å². The van der Waals surface area contributed by atoms with Gasteiger partial charge in [0.2, 0.25) is 5.91 Å². The number of nitrogens with zero attached hydrogens (tertiary/aromatic N) is 2. The molecule has 2 heterocycles. The molecule has 0 fully saturated rings. The fourth-order valence-electron chi connectivity index (χ4n) is 2.87. The highest BCUT2D eigenvalue weighted by Gasteiger charge is 2.31. The molecule has 17 heavy (non-hydrogen) atoms. The normalized spacial score (nSPS) is 16.9. The molecule has 86 valence electrons. The number of nitriles is 1. The van der Waals surface area contributed by atoms with E-state index >= 15 is 0 Å². The minimum Gasteiger partial charge on any atom is -0.312 e. The number of aryl methyl sites for hydroxylation is 2. The molecule has 1 amide bonds. The third kappa shape index (κ3) is 1.61. The molecule has 2 aliphatic heterocycles. The summed E-state index contributed by atoms with van der Waals surface area (Å²) in [5.74, 6) is 0.265. The minimum absolute atomic E-state index is 0.265. The Morgan fingerprint density at radius 2 is 2.00 bits per heavy atom. The molecule has 0 aliphatic carbocycles. The van der Waals surface area contributed by atoms with Crippen LogP contribution in [0, 0.1) is 11.3 Å². The molecule has 0 N–H and O–H groups in total. The van der Waals surface area contributed by atoms with Gasteiger partial charge in [0, 0.05) is 19.4 Å². The lowest BCUT2D eigenvalue weighted by Gasteiger charge is -2.25. The van der Waals surface area contributed by atoms with E-state index in [1.54, 1.807) is 0 Å². The second-order valence-electron chi connectivity index (χ2n) is 4.72. The smallest absolute Gasteiger partial charge is 0.227 e. The van der Waals surface area contributed by atoms with Crippen molar-refractivity contribution in [1.82, 2.24) is 0 Å². The molecule has 1 aromatic carbocycles. The third-order valence-electron chi connectivity index (χ3n) is 3.64. The van der Waals surface area contributed by atoms with Gasteiger partial charge in [-0.2, -0.15) is 5.26 Å². The molecule has 0 bridgehead atoms. The zero-order chi connectivity index (χ0) is 11.8.